The first-order valence-corrected chi connectivity index (χ1v) is 11.7. The van der Waals surface area contributed by atoms with Crippen LogP contribution in [-0.4, -0.2) is 35.3 Å². The number of carbonyl (C=O) groups is 1. The van der Waals surface area contributed by atoms with Crippen molar-refractivity contribution in [3.63, 3.8) is 0 Å². The number of hydrogen-bond acceptors (Lipinski definition) is 6. The zero-order chi connectivity index (χ0) is 22.2. The molecule has 0 aliphatic carbocycles. The van der Waals surface area contributed by atoms with Gasteiger partial charge in [0.25, 0.3) is 5.91 Å². The lowest BCUT2D eigenvalue weighted by molar-refractivity contribution is 0.0916. The lowest BCUT2D eigenvalue weighted by atomic mass is 10.0. The van der Waals surface area contributed by atoms with Gasteiger partial charge in [0, 0.05) is 12.2 Å². The number of fused-ring (bicyclic) bond motifs is 1. The van der Waals surface area contributed by atoms with Gasteiger partial charge in [0.15, 0.2) is 5.13 Å². The molecule has 4 aromatic rings. The molecule has 0 bridgehead atoms. The smallest absolute Gasteiger partial charge is 0.266 e. The van der Waals surface area contributed by atoms with Crippen LogP contribution in [0.5, 0.6) is 0 Å². The summed E-state index contributed by atoms with van der Waals surface area (Å²) < 4.78 is 12.3. The average Bonchev–Trinajstić information content (AvgIpc) is 3.51. The number of carbonyl (C=O) groups excluding carboxylic acids is 1. The Morgan fingerprint density at radius 1 is 1.25 bits per heavy atom. The summed E-state index contributed by atoms with van der Waals surface area (Å²) in [6.07, 6.45) is 1.87. The van der Waals surface area contributed by atoms with Gasteiger partial charge in [-0.2, -0.15) is 0 Å². The minimum absolute atomic E-state index is 0.0309. The molecule has 8 heteroatoms. The van der Waals surface area contributed by atoms with Gasteiger partial charge < -0.3 is 9.26 Å². The molecule has 5 rings (SSSR count). The molecular weight excluding hydrogens is 446 g/mol. The predicted molar refractivity (Wildman–Crippen MR) is 127 cm³/mol. The molecule has 0 spiro atoms. The number of aromatic nitrogens is 2. The van der Waals surface area contributed by atoms with Crippen LogP contribution in [0.4, 0.5) is 5.13 Å². The third kappa shape index (κ3) is 3.92. The van der Waals surface area contributed by atoms with Gasteiger partial charge in [0.2, 0.25) is 0 Å². The van der Waals surface area contributed by atoms with Gasteiger partial charge in [-0.1, -0.05) is 52.4 Å². The summed E-state index contributed by atoms with van der Waals surface area (Å²) in [6.45, 7) is 4.92. The van der Waals surface area contributed by atoms with Crippen LogP contribution in [0.1, 0.15) is 34.5 Å². The van der Waals surface area contributed by atoms with Crippen LogP contribution in [0, 0.1) is 13.8 Å². The van der Waals surface area contributed by atoms with Crippen LogP contribution < -0.4 is 4.90 Å². The highest BCUT2D eigenvalue weighted by Crippen LogP contribution is 2.35. The van der Waals surface area contributed by atoms with E-state index in [0.717, 1.165) is 28.6 Å². The van der Waals surface area contributed by atoms with Crippen molar-refractivity contribution in [3.8, 4) is 11.3 Å². The van der Waals surface area contributed by atoms with E-state index in [-0.39, 0.29) is 12.0 Å². The van der Waals surface area contributed by atoms with Crippen molar-refractivity contribution in [2.75, 3.05) is 18.1 Å². The molecule has 1 fully saturated rings. The number of anilines is 1. The van der Waals surface area contributed by atoms with Crippen molar-refractivity contribution in [1.82, 2.24) is 10.1 Å². The summed E-state index contributed by atoms with van der Waals surface area (Å²) in [7, 11) is 0. The minimum Gasteiger partial charge on any atom is -0.376 e. The second kappa shape index (κ2) is 8.65. The number of benzene rings is 2. The molecule has 1 aliphatic rings. The normalized spacial score (nSPS) is 16.0. The molecule has 2 aromatic heterocycles. The van der Waals surface area contributed by atoms with Crippen molar-refractivity contribution >= 4 is 44.2 Å². The van der Waals surface area contributed by atoms with Gasteiger partial charge in [-0.25, -0.2) is 4.98 Å². The predicted octanol–water partition coefficient (Wildman–Crippen LogP) is 6.05. The molecule has 1 aliphatic heterocycles. The fraction of sp³-hybridized carbons (Fsp3) is 0.292. The summed E-state index contributed by atoms with van der Waals surface area (Å²) in [6, 6.07) is 13.4. The summed E-state index contributed by atoms with van der Waals surface area (Å²) in [5.74, 6) is 0.226. The Morgan fingerprint density at radius 3 is 2.88 bits per heavy atom. The molecule has 1 amide bonds. The largest absolute Gasteiger partial charge is 0.376 e. The van der Waals surface area contributed by atoms with Gasteiger partial charge in [-0.05, 0) is 50.5 Å². The number of ether oxygens (including phenoxy) is 1. The first-order valence-electron chi connectivity index (χ1n) is 10.5. The quantitative estimate of drug-likeness (QED) is 0.357. The fourth-order valence-corrected chi connectivity index (χ4v) is 5.27. The third-order valence-electron chi connectivity index (χ3n) is 5.62. The summed E-state index contributed by atoms with van der Waals surface area (Å²) in [5, 5.41) is 5.32. The van der Waals surface area contributed by atoms with Crippen LogP contribution >= 0.6 is 22.9 Å². The summed E-state index contributed by atoms with van der Waals surface area (Å²) >= 11 is 7.91. The molecule has 1 atom stereocenters. The topological polar surface area (TPSA) is 68.5 Å². The van der Waals surface area contributed by atoms with Crippen LogP contribution in [-0.2, 0) is 4.74 Å². The molecule has 32 heavy (non-hydrogen) atoms. The lowest BCUT2D eigenvalue weighted by Gasteiger charge is -2.23. The highest BCUT2D eigenvalue weighted by molar-refractivity contribution is 7.22. The van der Waals surface area contributed by atoms with Crippen molar-refractivity contribution in [1.29, 1.82) is 0 Å². The number of nitrogens with zero attached hydrogens (tertiary/aromatic N) is 3. The third-order valence-corrected chi connectivity index (χ3v) is 7.00. The van der Waals surface area contributed by atoms with Crippen LogP contribution in [0.3, 0.4) is 0 Å². The second-order valence-electron chi connectivity index (χ2n) is 7.96. The Balaban J connectivity index is 1.59. The molecule has 0 radical (unpaired) electrons. The Bertz CT molecular complexity index is 1290. The Morgan fingerprint density at radius 2 is 2.09 bits per heavy atom. The van der Waals surface area contributed by atoms with Gasteiger partial charge in [0.05, 0.1) is 27.9 Å². The first kappa shape index (κ1) is 21.1. The molecule has 1 saturated heterocycles. The van der Waals surface area contributed by atoms with E-state index >= 15 is 0 Å². The number of thiazole rings is 1. The van der Waals surface area contributed by atoms with Gasteiger partial charge in [-0.15, -0.1) is 0 Å². The van der Waals surface area contributed by atoms with Crippen molar-refractivity contribution in [2.24, 2.45) is 0 Å². The van der Waals surface area contributed by atoms with Gasteiger partial charge in [-0.3, -0.25) is 9.69 Å². The van der Waals surface area contributed by atoms with Crippen LogP contribution in [0.15, 0.2) is 47.0 Å². The van der Waals surface area contributed by atoms with Crippen LogP contribution in [0.25, 0.3) is 21.5 Å². The maximum atomic E-state index is 14.0. The maximum absolute atomic E-state index is 14.0. The van der Waals surface area contributed by atoms with Gasteiger partial charge >= 0.3 is 0 Å². The summed E-state index contributed by atoms with van der Waals surface area (Å²) in [5.41, 5.74) is 3.51. The summed E-state index contributed by atoms with van der Waals surface area (Å²) in [4.78, 5) is 20.4. The first-order chi connectivity index (χ1) is 15.5. The van der Waals surface area contributed by atoms with E-state index in [2.05, 4.69) is 11.2 Å². The van der Waals surface area contributed by atoms with E-state index in [1.807, 2.05) is 37.3 Å². The second-order valence-corrected chi connectivity index (χ2v) is 9.38. The highest BCUT2D eigenvalue weighted by atomic mass is 35.5. The van der Waals surface area contributed by atoms with Crippen LogP contribution in [0.2, 0.25) is 5.02 Å². The van der Waals surface area contributed by atoms with E-state index in [9.17, 15) is 4.79 Å². The number of halogens is 1. The van der Waals surface area contributed by atoms with E-state index in [0.29, 0.717) is 45.9 Å². The molecule has 2 aromatic carbocycles. The zero-order valence-electron chi connectivity index (χ0n) is 17.8. The molecule has 164 valence electrons. The molecule has 0 saturated carbocycles. The SMILES string of the molecule is Cc1ccc2nc(N(C[C@@H]3CCCO3)C(=O)c3c(-c4ccccc4Cl)noc3C)sc2c1. The van der Waals surface area contributed by atoms with E-state index < -0.39 is 0 Å². The number of hydrogen-bond donors (Lipinski definition) is 0. The van der Waals surface area contributed by atoms with Gasteiger partial charge in [0.1, 0.15) is 17.0 Å². The molecule has 0 unspecified atom stereocenters. The minimum atomic E-state index is -0.218. The Labute approximate surface area is 194 Å². The Hall–Kier alpha value is -2.74. The lowest BCUT2D eigenvalue weighted by Crippen LogP contribution is -2.37. The Kier molecular flexibility index (Phi) is 5.71. The number of amides is 1. The maximum Gasteiger partial charge on any atom is 0.266 e. The van der Waals surface area contributed by atoms with E-state index in [1.54, 1.807) is 17.9 Å². The molecule has 0 N–H and O–H groups in total. The highest BCUT2D eigenvalue weighted by Gasteiger charge is 2.32. The number of rotatable bonds is 5. The monoisotopic (exact) mass is 467 g/mol. The van der Waals surface area contributed by atoms with Crippen molar-refractivity contribution in [2.45, 2.75) is 32.8 Å². The number of aryl methyl sites for hydroxylation is 2. The average molecular weight is 468 g/mol. The van der Waals surface area contributed by atoms with Crippen molar-refractivity contribution < 1.29 is 14.1 Å². The van der Waals surface area contributed by atoms with E-state index in [1.165, 1.54) is 11.3 Å². The standard InChI is InChI=1S/C24H22ClN3O3S/c1-14-9-10-19-20(12-14)32-24(26-19)28(13-16-6-5-11-30-16)23(29)21-15(2)31-27-22(21)17-7-3-4-8-18(17)25/h3-4,7-10,12,16H,5-6,11,13H2,1-2H3/t16-/m0/s1. The fourth-order valence-electron chi connectivity index (χ4n) is 3.97. The zero-order valence-corrected chi connectivity index (χ0v) is 19.4. The molecule has 3 heterocycles. The van der Waals surface area contributed by atoms with E-state index in [4.69, 9.17) is 25.8 Å². The molecular formula is C24H22ClN3O3S. The molecule has 6 nitrogen and oxygen atoms in total. The van der Waals surface area contributed by atoms with Crippen molar-refractivity contribution in [3.05, 3.63) is 64.4 Å².